The minimum atomic E-state index is -0.344. The zero-order valence-corrected chi connectivity index (χ0v) is 16.7. The smallest absolute Gasteiger partial charge is 0.409 e. The highest BCUT2D eigenvalue weighted by molar-refractivity contribution is 5.80. The molecule has 10 nitrogen and oxygen atoms in total. The van der Waals surface area contributed by atoms with Gasteiger partial charge in [-0.1, -0.05) is 0 Å². The highest BCUT2D eigenvalue weighted by Crippen LogP contribution is 2.32. The fraction of sp³-hybridized carbons (Fsp3) is 0.400. The first-order valence-corrected chi connectivity index (χ1v) is 9.98. The Balaban J connectivity index is 1.42. The number of piperazine rings is 1. The SMILES string of the molecule is COC(=O)N1CC(Oc2ncccc2-c2cnn3ccc(N4CCNCC4)nc23)C1. The largest absolute Gasteiger partial charge is 0.470 e. The Labute approximate surface area is 173 Å². The molecular weight excluding hydrogens is 386 g/mol. The Hall–Kier alpha value is -3.40. The molecule has 0 saturated carbocycles. The van der Waals surface area contributed by atoms with Crippen LogP contribution in [0.5, 0.6) is 5.88 Å². The summed E-state index contributed by atoms with van der Waals surface area (Å²) in [5, 5.41) is 7.81. The minimum absolute atomic E-state index is 0.121. The summed E-state index contributed by atoms with van der Waals surface area (Å²) in [6.45, 7) is 4.69. The van der Waals surface area contributed by atoms with Crippen molar-refractivity contribution in [2.24, 2.45) is 0 Å². The highest BCUT2D eigenvalue weighted by Gasteiger charge is 2.34. The number of nitrogens with zero attached hydrogens (tertiary/aromatic N) is 6. The molecule has 0 aliphatic carbocycles. The number of hydrogen-bond donors (Lipinski definition) is 1. The van der Waals surface area contributed by atoms with E-state index in [9.17, 15) is 4.79 Å². The fourth-order valence-electron chi connectivity index (χ4n) is 3.76. The van der Waals surface area contributed by atoms with Gasteiger partial charge in [0.1, 0.15) is 11.9 Å². The van der Waals surface area contributed by atoms with Crippen LogP contribution >= 0.6 is 0 Å². The summed E-state index contributed by atoms with van der Waals surface area (Å²) in [7, 11) is 1.38. The molecule has 2 aliphatic heterocycles. The van der Waals surface area contributed by atoms with Crippen LogP contribution in [0.2, 0.25) is 0 Å². The Morgan fingerprint density at radius 2 is 2.03 bits per heavy atom. The normalized spacial score (nSPS) is 17.1. The number of ether oxygens (including phenoxy) is 2. The zero-order valence-electron chi connectivity index (χ0n) is 16.7. The van der Waals surface area contributed by atoms with Gasteiger partial charge in [-0.05, 0) is 18.2 Å². The molecule has 10 heteroatoms. The molecule has 0 bridgehead atoms. The van der Waals surface area contributed by atoms with Gasteiger partial charge in [-0.2, -0.15) is 5.10 Å². The van der Waals surface area contributed by atoms with Gasteiger partial charge in [0.15, 0.2) is 5.65 Å². The predicted octanol–water partition coefficient (Wildman–Crippen LogP) is 1.03. The van der Waals surface area contributed by atoms with Gasteiger partial charge in [0.05, 0.1) is 32.0 Å². The van der Waals surface area contributed by atoms with E-state index >= 15 is 0 Å². The van der Waals surface area contributed by atoms with E-state index in [1.807, 2.05) is 24.4 Å². The number of fused-ring (bicyclic) bond motifs is 1. The number of anilines is 1. The summed E-state index contributed by atoms with van der Waals surface area (Å²) in [5.41, 5.74) is 2.45. The minimum Gasteiger partial charge on any atom is -0.470 e. The summed E-state index contributed by atoms with van der Waals surface area (Å²) in [6, 6.07) is 5.81. The van der Waals surface area contributed by atoms with Crippen molar-refractivity contribution in [3.8, 4) is 17.0 Å². The van der Waals surface area contributed by atoms with E-state index < -0.39 is 0 Å². The molecule has 2 aliphatic rings. The average molecular weight is 409 g/mol. The molecule has 2 saturated heterocycles. The fourth-order valence-corrected chi connectivity index (χ4v) is 3.76. The molecule has 3 aromatic heterocycles. The third-order valence-corrected chi connectivity index (χ3v) is 5.42. The lowest BCUT2D eigenvalue weighted by molar-refractivity contribution is 0.0164. The van der Waals surface area contributed by atoms with Crippen LogP contribution in [0.4, 0.5) is 10.6 Å². The van der Waals surface area contributed by atoms with E-state index in [-0.39, 0.29) is 12.2 Å². The third-order valence-electron chi connectivity index (χ3n) is 5.42. The van der Waals surface area contributed by atoms with Gasteiger partial charge in [-0.25, -0.2) is 19.3 Å². The van der Waals surface area contributed by atoms with Crippen molar-refractivity contribution in [2.45, 2.75) is 6.10 Å². The second-order valence-corrected chi connectivity index (χ2v) is 7.32. The van der Waals surface area contributed by atoms with E-state index in [1.54, 1.807) is 21.8 Å². The topological polar surface area (TPSA) is 97.1 Å². The quantitative estimate of drug-likeness (QED) is 0.683. The highest BCUT2D eigenvalue weighted by atomic mass is 16.5. The maximum absolute atomic E-state index is 11.6. The van der Waals surface area contributed by atoms with Crippen molar-refractivity contribution in [1.82, 2.24) is 29.8 Å². The Morgan fingerprint density at radius 3 is 2.83 bits per heavy atom. The molecular formula is C20H23N7O3. The van der Waals surface area contributed by atoms with Crippen LogP contribution in [-0.2, 0) is 4.74 Å². The van der Waals surface area contributed by atoms with Crippen molar-refractivity contribution in [3.63, 3.8) is 0 Å². The Bertz CT molecular complexity index is 1060. The number of likely N-dealkylation sites (tertiary alicyclic amines) is 1. The molecule has 0 radical (unpaired) electrons. The second kappa shape index (κ2) is 7.79. The number of aromatic nitrogens is 4. The summed E-state index contributed by atoms with van der Waals surface area (Å²) in [4.78, 5) is 24.7. The molecule has 1 amide bonds. The van der Waals surface area contributed by atoms with E-state index in [4.69, 9.17) is 14.5 Å². The van der Waals surface area contributed by atoms with Crippen molar-refractivity contribution < 1.29 is 14.3 Å². The van der Waals surface area contributed by atoms with Crippen molar-refractivity contribution in [2.75, 3.05) is 51.3 Å². The molecule has 0 spiro atoms. The number of carbonyl (C=O) groups is 1. The molecule has 5 rings (SSSR count). The van der Waals surface area contributed by atoms with Crippen LogP contribution in [0.3, 0.4) is 0 Å². The number of pyridine rings is 1. The van der Waals surface area contributed by atoms with Gasteiger partial charge < -0.3 is 24.6 Å². The lowest BCUT2D eigenvalue weighted by Crippen LogP contribution is -2.56. The predicted molar refractivity (Wildman–Crippen MR) is 110 cm³/mol. The molecule has 2 fully saturated rings. The lowest BCUT2D eigenvalue weighted by Gasteiger charge is -2.37. The van der Waals surface area contributed by atoms with Gasteiger partial charge in [0.25, 0.3) is 0 Å². The first kappa shape index (κ1) is 18.6. The Kier molecular flexibility index (Phi) is 4.83. The first-order chi connectivity index (χ1) is 14.7. The summed E-state index contributed by atoms with van der Waals surface area (Å²) in [5.74, 6) is 1.45. The monoisotopic (exact) mass is 409 g/mol. The standard InChI is InChI=1S/C20H23N7O3/c1-29-20(28)26-12-14(13-26)30-19-15(3-2-5-22-19)16-11-23-27-8-4-17(24-18(16)27)25-9-6-21-7-10-25/h2-5,8,11,14,21H,6-7,9-10,12-13H2,1H3. The van der Waals surface area contributed by atoms with Crippen LogP contribution in [0.25, 0.3) is 16.8 Å². The second-order valence-electron chi connectivity index (χ2n) is 7.32. The van der Waals surface area contributed by atoms with Gasteiger partial charge in [0, 0.05) is 44.1 Å². The van der Waals surface area contributed by atoms with E-state index in [0.717, 1.165) is 48.8 Å². The maximum atomic E-state index is 11.6. The molecule has 0 atom stereocenters. The first-order valence-electron chi connectivity index (χ1n) is 9.98. The molecule has 30 heavy (non-hydrogen) atoms. The molecule has 5 heterocycles. The maximum Gasteiger partial charge on any atom is 0.409 e. The number of nitrogens with one attached hydrogen (secondary N) is 1. The molecule has 0 unspecified atom stereocenters. The van der Waals surface area contributed by atoms with Crippen molar-refractivity contribution >= 4 is 17.6 Å². The van der Waals surface area contributed by atoms with Crippen LogP contribution in [0.1, 0.15) is 0 Å². The summed E-state index contributed by atoms with van der Waals surface area (Å²) in [6.07, 6.45) is 4.95. The number of methoxy groups -OCH3 is 1. The van der Waals surface area contributed by atoms with Crippen molar-refractivity contribution in [1.29, 1.82) is 0 Å². The summed E-state index contributed by atoms with van der Waals surface area (Å²) >= 11 is 0. The van der Waals surface area contributed by atoms with E-state index in [1.165, 1.54) is 7.11 Å². The van der Waals surface area contributed by atoms with Crippen LogP contribution in [0.15, 0.2) is 36.8 Å². The van der Waals surface area contributed by atoms with Crippen molar-refractivity contribution in [3.05, 3.63) is 36.8 Å². The van der Waals surface area contributed by atoms with Gasteiger partial charge in [-0.15, -0.1) is 0 Å². The lowest BCUT2D eigenvalue weighted by atomic mass is 10.1. The van der Waals surface area contributed by atoms with Crippen LogP contribution in [0, 0.1) is 0 Å². The number of hydrogen-bond acceptors (Lipinski definition) is 8. The van der Waals surface area contributed by atoms with E-state index in [0.29, 0.717) is 19.0 Å². The average Bonchev–Trinajstić information content (AvgIpc) is 3.19. The van der Waals surface area contributed by atoms with Crippen LogP contribution in [-0.4, -0.2) is 83.1 Å². The van der Waals surface area contributed by atoms with Gasteiger partial charge in [-0.3, -0.25) is 0 Å². The number of carbonyl (C=O) groups excluding carboxylic acids is 1. The molecule has 0 aromatic carbocycles. The Morgan fingerprint density at radius 1 is 1.20 bits per heavy atom. The van der Waals surface area contributed by atoms with Gasteiger partial charge >= 0.3 is 6.09 Å². The zero-order chi connectivity index (χ0) is 20.5. The third kappa shape index (κ3) is 3.39. The van der Waals surface area contributed by atoms with E-state index in [2.05, 4.69) is 20.3 Å². The molecule has 156 valence electrons. The summed E-state index contributed by atoms with van der Waals surface area (Å²) < 4.78 is 12.6. The molecule has 1 N–H and O–H groups in total. The number of amides is 1. The molecule has 3 aromatic rings. The van der Waals surface area contributed by atoms with Gasteiger partial charge in [0.2, 0.25) is 5.88 Å². The number of rotatable bonds is 4. The van der Waals surface area contributed by atoms with Crippen LogP contribution < -0.4 is 15.0 Å².